The number of hydrogen-bond acceptors (Lipinski definition) is 1. The van der Waals surface area contributed by atoms with Crippen LogP contribution in [-0.4, -0.2) is 22.0 Å². The molecule has 0 bridgehead atoms. The predicted molar refractivity (Wildman–Crippen MR) is 73.2 cm³/mol. The van der Waals surface area contributed by atoms with Crippen LogP contribution in [0.15, 0.2) is 12.3 Å². The van der Waals surface area contributed by atoms with Gasteiger partial charge in [-0.1, -0.05) is 20.3 Å². The van der Waals surface area contributed by atoms with E-state index in [0.717, 1.165) is 0 Å². The summed E-state index contributed by atoms with van der Waals surface area (Å²) in [5, 5.41) is 0. The highest BCUT2D eigenvalue weighted by Crippen LogP contribution is 2.37. The van der Waals surface area contributed by atoms with E-state index in [0.29, 0.717) is 18.1 Å². The van der Waals surface area contributed by atoms with E-state index in [1.54, 1.807) is 5.56 Å². The number of nitrogens with one attached hydrogen (secondary N) is 1. The van der Waals surface area contributed by atoms with Gasteiger partial charge in [-0.25, -0.2) is 0 Å². The fourth-order valence-electron chi connectivity index (χ4n) is 3.38. The maximum Gasteiger partial charge on any atom is 0.0371 e. The summed E-state index contributed by atoms with van der Waals surface area (Å²) >= 11 is 0. The summed E-state index contributed by atoms with van der Waals surface area (Å²) in [6, 6.07) is 4.26. The lowest BCUT2D eigenvalue weighted by Gasteiger charge is -2.44. The molecule has 96 valence electrons. The van der Waals surface area contributed by atoms with Crippen molar-refractivity contribution in [3.05, 3.63) is 23.5 Å². The molecule has 1 aliphatic rings. The van der Waals surface area contributed by atoms with Crippen LogP contribution in [0.4, 0.5) is 0 Å². The zero-order valence-electron chi connectivity index (χ0n) is 11.7. The van der Waals surface area contributed by atoms with Crippen LogP contribution in [-0.2, 0) is 6.42 Å². The second kappa shape index (κ2) is 5.26. The molecule has 0 saturated heterocycles. The Hall–Kier alpha value is -0.760. The Morgan fingerprint density at radius 2 is 2.18 bits per heavy atom. The highest BCUT2D eigenvalue weighted by molar-refractivity contribution is 5.28. The van der Waals surface area contributed by atoms with Crippen molar-refractivity contribution in [1.82, 2.24) is 9.88 Å². The first-order valence-corrected chi connectivity index (χ1v) is 7.12. The van der Waals surface area contributed by atoms with E-state index < -0.39 is 0 Å². The van der Waals surface area contributed by atoms with Crippen LogP contribution in [0.3, 0.4) is 0 Å². The Kier molecular flexibility index (Phi) is 3.93. The van der Waals surface area contributed by atoms with Crippen molar-refractivity contribution in [2.75, 3.05) is 0 Å². The van der Waals surface area contributed by atoms with E-state index in [1.165, 1.54) is 31.4 Å². The van der Waals surface area contributed by atoms with Crippen LogP contribution in [0.1, 0.15) is 64.3 Å². The molecule has 0 spiro atoms. The number of H-pyrrole nitrogens is 1. The first-order chi connectivity index (χ1) is 8.19. The van der Waals surface area contributed by atoms with Gasteiger partial charge in [0.05, 0.1) is 0 Å². The third-order valence-electron chi connectivity index (χ3n) is 4.08. The number of nitrogens with zero attached hydrogens (tertiary/aromatic N) is 1. The van der Waals surface area contributed by atoms with Gasteiger partial charge < -0.3 is 4.98 Å². The third-order valence-corrected chi connectivity index (χ3v) is 4.08. The van der Waals surface area contributed by atoms with E-state index in [1.807, 2.05) is 0 Å². The van der Waals surface area contributed by atoms with Crippen LogP contribution in [0.5, 0.6) is 0 Å². The van der Waals surface area contributed by atoms with Gasteiger partial charge in [-0.2, -0.15) is 0 Å². The monoisotopic (exact) mass is 234 g/mol. The molecule has 0 fully saturated rings. The molecular weight excluding hydrogens is 208 g/mol. The molecule has 1 aliphatic heterocycles. The number of aromatic amines is 1. The van der Waals surface area contributed by atoms with Gasteiger partial charge in [0.1, 0.15) is 0 Å². The van der Waals surface area contributed by atoms with E-state index in [-0.39, 0.29) is 0 Å². The van der Waals surface area contributed by atoms with Gasteiger partial charge in [0.2, 0.25) is 0 Å². The average Bonchev–Trinajstić information content (AvgIpc) is 2.76. The van der Waals surface area contributed by atoms with Gasteiger partial charge in [0.25, 0.3) is 0 Å². The molecule has 0 amide bonds. The van der Waals surface area contributed by atoms with Gasteiger partial charge in [0.15, 0.2) is 0 Å². The fourth-order valence-corrected chi connectivity index (χ4v) is 3.38. The highest BCUT2D eigenvalue weighted by Gasteiger charge is 2.34. The normalized spacial score (nSPS) is 25.2. The minimum Gasteiger partial charge on any atom is -0.365 e. The molecule has 2 atom stereocenters. The molecule has 0 radical (unpaired) electrons. The Balaban J connectivity index is 2.34. The summed E-state index contributed by atoms with van der Waals surface area (Å²) in [5.74, 6) is 0. The lowest BCUT2D eigenvalue weighted by molar-refractivity contribution is 0.0711. The average molecular weight is 234 g/mol. The van der Waals surface area contributed by atoms with Crippen LogP contribution in [0, 0.1) is 0 Å². The molecule has 0 aliphatic carbocycles. The van der Waals surface area contributed by atoms with E-state index in [9.17, 15) is 0 Å². The van der Waals surface area contributed by atoms with Gasteiger partial charge in [-0.3, -0.25) is 4.90 Å². The Bertz CT molecular complexity index is 354. The fraction of sp³-hybridized carbons (Fsp3) is 0.733. The second-order valence-electron chi connectivity index (χ2n) is 5.52. The van der Waals surface area contributed by atoms with Crippen molar-refractivity contribution in [3.8, 4) is 0 Å². The van der Waals surface area contributed by atoms with E-state index in [4.69, 9.17) is 0 Å². The van der Waals surface area contributed by atoms with Crippen molar-refractivity contribution in [1.29, 1.82) is 0 Å². The largest absolute Gasteiger partial charge is 0.365 e. The first kappa shape index (κ1) is 12.7. The van der Waals surface area contributed by atoms with Crippen molar-refractivity contribution in [3.63, 3.8) is 0 Å². The summed E-state index contributed by atoms with van der Waals surface area (Å²) in [6.07, 6.45) is 7.09. The van der Waals surface area contributed by atoms with Crippen LogP contribution >= 0.6 is 0 Å². The molecule has 1 N–H and O–H groups in total. The van der Waals surface area contributed by atoms with Gasteiger partial charge in [-0.05, 0) is 38.3 Å². The van der Waals surface area contributed by atoms with Gasteiger partial charge in [0, 0.05) is 36.4 Å². The lowest BCUT2D eigenvalue weighted by atomic mass is 9.88. The molecule has 17 heavy (non-hydrogen) atoms. The predicted octanol–water partition coefficient (Wildman–Crippen LogP) is 3.90. The molecule has 2 rings (SSSR count). The summed E-state index contributed by atoms with van der Waals surface area (Å²) in [7, 11) is 0. The molecule has 2 heteroatoms. The van der Waals surface area contributed by atoms with Crippen LogP contribution in [0.2, 0.25) is 0 Å². The topological polar surface area (TPSA) is 19.0 Å². The van der Waals surface area contributed by atoms with Crippen molar-refractivity contribution in [2.45, 2.75) is 71.5 Å². The molecule has 1 aromatic rings. The zero-order chi connectivity index (χ0) is 12.4. The van der Waals surface area contributed by atoms with E-state index >= 15 is 0 Å². The first-order valence-electron chi connectivity index (χ1n) is 7.12. The van der Waals surface area contributed by atoms with Crippen molar-refractivity contribution < 1.29 is 0 Å². The summed E-state index contributed by atoms with van der Waals surface area (Å²) in [4.78, 5) is 6.18. The number of hydrogen-bond donors (Lipinski definition) is 1. The van der Waals surface area contributed by atoms with Crippen molar-refractivity contribution >= 4 is 0 Å². The Morgan fingerprint density at radius 1 is 1.41 bits per heavy atom. The van der Waals surface area contributed by atoms with E-state index in [2.05, 4.69) is 49.8 Å². The minimum atomic E-state index is 0.625. The maximum absolute atomic E-state index is 3.44. The SMILES string of the molecule is CCCC1c2cc[nH]c2CC(CC)N1C(C)C. The number of rotatable bonds is 4. The molecule has 2 heterocycles. The summed E-state index contributed by atoms with van der Waals surface area (Å²) in [5.41, 5.74) is 3.03. The summed E-state index contributed by atoms with van der Waals surface area (Å²) < 4.78 is 0. The Morgan fingerprint density at radius 3 is 2.76 bits per heavy atom. The van der Waals surface area contributed by atoms with Crippen LogP contribution < -0.4 is 0 Å². The molecule has 2 unspecified atom stereocenters. The van der Waals surface area contributed by atoms with Gasteiger partial charge in [-0.15, -0.1) is 0 Å². The zero-order valence-corrected chi connectivity index (χ0v) is 11.7. The molecule has 0 aromatic carbocycles. The summed E-state index contributed by atoms with van der Waals surface area (Å²) in [6.45, 7) is 9.28. The van der Waals surface area contributed by atoms with Gasteiger partial charge >= 0.3 is 0 Å². The second-order valence-corrected chi connectivity index (χ2v) is 5.52. The minimum absolute atomic E-state index is 0.625. The van der Waals surface area contributed by atoms with Crippen molar-refractivity contribution in [2.24, 2.45) is 0 Å². The third kappa shape index (κ3) is 2.28. The maximum atomic E-state index is 3.44. The smallest absolute Gasteiger partial charge is 0.0371 e. The lowest BCUT2D eigenvalue weighted by Crippen LogP contribution is -2.47. The van der Waals surface area contributed by atoms with Crippen LogP contribution in [0.25, 0.3) is 0 Å². The number of fused-ring (bicyclic) bond motifs is 1. The quantitative estimate of drug-likeness (QED) is 0.837. The standard InChI is InChI=1S/C15H26N2/c1-5-7-15-13-8-9-16-14(13)10-12(6-2)17(15)11(3)4/h8-9,11-12,15-16H,5-7,10H2,1-4H3. The number of aromatic nitrogens is 1. The highest BCUT2D eigenvalue weighted by atomic mass is 15.2. The molecule has 2 nitrogen and oxygen atoms in total. The Labute approximate surface area is 105 Å². The molecule has 0 saturated carbocycles. The molecular formula is C15H26N2. The molecule has 1 aromatic heterocycles.